The van der Waals surface area contributed by atoms with E-state index in [9.17, 15) is 0 Å². The Labute approximate surface area is 146 Å². The van der Waals surface area contributed by atoms with Crippen molar-refractivity contribution in [2.45, 2.75) is 32.2 Å². The number of rotatable bonds is 1. The second kappa shape index (κ2) is 6.78. The van der Waals surface area contributed by atoms with Crippen LogP contribution in [0.25, 0.3) is 0 Å². The summed E-state index contributed by atoms with van der Waals surface area (Å²) in [5.41, 5.74) is 3.70. The average molecular weight is 337 g/mol. The molecule has 0 saturated carbocycles. The van der Waals surface area contributed by atoms with Gasteiger partial charge in [0.2, 0.25) is 0 Å². The molecule has 0 spiro atoms. The fraction of sp³-hybridized carbons (Fsp3) is 0.278. The molecule has 2 heteroatoms. The quantitative estimate of drug-likeness (QED) is 0.546. The molecule has 1 heterocycles. The molecule has 0 aromatic heterocycles. The normalized spacial score (nSPS) is 21.2. The Morgan fingerprint density at radius 2 is 1.80 bits per heavy atom. The largest absolute Gasteiger partial charge is 0.295 e. The van der Waals surface area contributed by atoms with Crippen molar-refractivity contribution in [3.63, 3.8) is 0 Å². The molecule has 1 aliphatic heterocycles. The third kappa shape index (κ3) is 3.10. The predicted octanol–water partition coefficient (Wildman–Crippen LogP) is 4.02. The van der Waals surface area contributed by atoms with Gasteiger partial charge >= 0.3 is 0 Å². The van der Waals surface area contributed by atoms with E-state index in [1.165, 1.54) is 11.1 Å². The Balaban J connectivity index is 0.00000147. The first-order valence-corrected chi connectivity index (χ1v) is 6.87. The fourth-order valence-electron chi connectivity index (χ4n) is 2.84. The summed E-state index contributed by atoms with van der Waals surface area (Å²) < 4.78 is 2.22. The topological polar surface area (TPSA) is 3.01 Å². The van der Waals surface area contributed by atoms with Crippen LogP contribution in [0, 0.1) is 6.07 Å². The minimum Gasteiger partial charge on any atom is -0.295 e. The number of hydrogen-bond acceptors (Lipinski definition) is 0. The van der Waals surface area contributed by atoms with Crippen molar-refractivity contribution in [1.29, 1.82) is 0 Å². The first kappa shape index (κ1) is 15.6. The molecular weight excluding hydrogens is 319 g/mol. The van der Waals surface area contributed by atoms with Crippen molar-refractivity contribution in [2.75, 3.05) is 0 Å². The monoisotopic (exact) mass is 337 g/mol. The van der Waals surface area contributed by atoms with E-state index < -0.39 is 0 Å². The molecule has 1 radical (unpaired) electrons. The smallest absolute Gasteiger partial charge is 0.152 e. The molecule has 99 valence electrons. The van der Waals surface area contributed by atoms with Crippen molar-refractivity contribution in [2.24, 2.45) is 0 Å². The minimum absolute atomic E-state index is 0. The van der Waals surface area contributed by atoms with Gasteiger partial charge in [-0.3, -0.25) is 4.58 Å². The van der Waals surface area contributed by atoms with Gasteiger partial charge in [0.15, 0.2) is 6.21 Å². The Kier molecular flexibility index (Phi) is 5.29. The molecule has 2 aromatic carbocycles. The van der Waals surface area contributed by atoms with Crippen LogP contribution in [-0.2, 0) is 32.7 Å². The third-order valence-corrected chi connectivity index (χ3v) is 3.82. The van der Waals surface area contributed by atoms with Crippen molar-refractivity contribution < 1.29 is 37.3 Å². The first-order valence-electron chi connectivity index (χ1n) is 6.87. The molecule has 20 heavy (non-hydrogen) atoms. The molecule has 3 rings (SSSR count). The summed E-state index contributed by atoms with van der Waals surface area (Å²) in [4.78, 5) is 0. The molecule has 2 unspecified atom stereocenters. The van der Waals surface area contributed by atoms with Gasteiger partial charge in [0.25, 0.3) is 0 Å². The standard InChI is InChI=1S/C18H18N.Y/c1-14-12-15(2)19(17-9-4-3-5-10-17)13-16-8-6-7-11-18(14)16;/h3-9,11,14-15H,12H2,1-2H3;/q-1;. The van der Waals surface area contributed by atoms with Crippen LogP contribution >= 0.6 is 0 Å². The maximum atomic E-state index is 3.56. The van der Waals surface area contributed by atoms with Gasteiger partial charge in [-0.1, -0.05) is 18.6 Å². The van der Waals surface area contributed by atoms with Crippen molar-refractivity contribution in [1.82, 2.24) is 0 Å². The summed E-state index contributed by atoms with van der Waals surface area (Å²) in [6.07, 6.45) is 4.69. The van der Waals surface area contributed by atoms with Crippen LogP contribution < -0.4 is 0 Å². The average Bonchev–Trinajstić information content (AvgIpc) is 2.57. The number of hydrogen-bond donors (Lipinski definition) is 0. The number of benzene rings is 2. The maximum Gasteiger partial charge on any atom is 0.152 e. The van der Waals surface area contributed by atoms with Crippen LogP contribution in [0.5, 0.6) is 0 Å². The molecule has 0 aliphatic carbocycles. The Bertz CT molecular complexity index is 604. The van der Waals surface area contributed by atoms with Gasteiger partial charge in [0, 0.05) is 44.8 Å². The summed E-state index contributed by atoms with van der Waals surface area (Å²) in [5.74, 6) is 0.562. The maximum absolute atomic E-state index is 3.56. The van der Waals surface area contributed by atoms with Crippen molar-refractivity contribution in [3.8, 4) is 0 Å². The summed E-state index contributed by atoms with van der Waals surface area (Å²) >= 11 is 0. The summed E-state index contributed by atoms with van der Waals surface area (Å²) in [7, 11) is 0. The predicted molar refractivity (Wildman–Crippen MR) is 78.2 cm³/mol. The van der Waals surface area contributed by atoms with Gasteiger partial charge in [-0.15, -0.1) is 29.8 Å². The van der Waals surface area contributed by atoms with E-state index in [1.807, 2.05) is 12.1 Å². The second-order valence-corrected chi connectivity index (χ2v) is 5.30. The third-order valence-electron chi connectivity index (χ3n) is 3.82. The van der Waals surface area contributed by atoms with Crippen molar-refractivity contribution in [3.05, 3.63) is 65.7 Å². The van der Waals surface area contributed by atoms with Crippen LogP contribution in [0.4, 0.5) is 5.69 Å². The van der Waals surface area contributed by atoms with Crippen molar-refractivity contribution >= 4 is 11.9 Å². The van der Waals surface area contributed by atoms with Gasteiger partial charge in [0.05, 0.1) is 0 Å². The molecule has 0 N–H and O–H groups in total. The summed E-state index contributed by atoms with van der Waals surface area (Å²) in [5, 5.41) is 0. The zero-order chi connectivity index (χ0) is 13.2. The second-order valence-electron chi connectivity index (χ2n) is 5.30. The molecule has 1 aliphatic rings. The molecule has 0 bridgehead atoms. The number of para-hydroxylation sites is 1. The van der Waals surface area contributed by atoms with E-state index in [2.05, 4.69) is 67.1 Å². The van der Waals surface area contributed by atoms with Gasteiger partial charge in [-0.05, 0) is 12.8 Å². The van der Waals surface area contributed by atoms with Crippen LogP contribution in [0.3, 0.4) is 0 Å². The van der Waals surface area contributed by atoms with Crippen LogP contribution in [0.2, 0.25) is 0 Å². The van der Waals surface area contributed by atoms with Crippen LogP contribution in [-0.4, -0.2) is 16.8 Å². The fourth-order valence-corrected chi connectivity index (χ4v) is 2.84. The number of fused-ring (bicyclic) bond motifs is 1. The Hall–Kier alpha value is -0.786. The Morgan fingerprint density at radius 3 is 2.55 bits per heavy atom. The zero-order valence-corrected chi connectivity index (χ0v) is 14.8. The SMILES string of the molecule is CC1CC(C)[N+](c2[c-]cccc2)=[C-]c2ccccc21.[Y]. The van der Waals surface area contributed by atoms with Crippen LogP contribution in [0.15, 0.2) is 48.5 Å². The Morgan fingerprint density at radius 1 is 1.05 bits per heavy atom. The van der Waals surface area contributed by atoms with Gasteiger partial charge < -0.3 is 0 Å². The summed E-state index contributed by atoms with van der Waals surface area (Å²) in [6.45, 7) is 4.56. The van der Waals surface area contributed by atoms with E-state index in [1.54, 1.807) is 0 Å². The van der Waals surface area contributed by atoms with E-state index in [0.717, 1.165) is 12.1 Å². The van der Waals surface area contributed by atoms with Gasteiger partial charge in [-0.25, -0.2) is 0 Å². The first-order chi connectivity index (χ1) is 9.25. The molecular formula is C18H18NY-. The zero-order valence-electron chi connectivity index (χ0n) is 12.0. The molecule has 0 amide bonds. The molecule has 0 fully saturated rings. The molecule has 2 aromatic rings. The van der Waals surface area contributed by atoms with E-state index in [4.69, 9.17) is 0 Å². The number of nitrogens with zero attached hydrogens (tertiary/aromatic N) is 1. The minimum atomic E-state index is 0. The van der Waals surface area contributed by atoms with E-state index in [-0.39, 0.29) is 32.7 Å². The molecule has 2 atom stereocenters. The van der Waals surface area contributed by atoms with Gasteiger partial charge in [-0.2, -0.15) is 24.3 Å². The molecule has 0 saturated heterocycles. The summed E-state index contributed by atoms with van der Waals surface area (Å²) in [6, 6.07) is 20.4. The van der Waals surface area contributed by atoms with Crippen LogP contribution in [0.1, 0.15) is 37.3 Å². The van der Waals surface area contributed by atoms with E-state index >= 15 is 0 Å². The van der Waals surface area contributed by atoms with E-state index in [0.29, 0.717) is 12.0 Å². The molecule has 1 nitrogen and oxygen atoms in total. The van der Waals surface area contributed by atoms with Gasteiger partial charge in [0.1, 0.15) is 6.04 Å².